The molecule has 1 aromatic heterocycles. The summed E-state index contributed by atoms with van der Waals surface area (Å²) in [5, 5.41) is 0.740. The van der Waals surface area contributed by atoms with E-state index in [1.54, 1.807) is 19.2 Å². The van der Waals surface area contributed by atoms with E-state index in [1.807, 2.05) is 6.07 Å². The highest BCUT2D eigenvalue weighted by atomic mass is 79.9. The minimum absolute atomic E-state index is 0.161. The maximum atomic E-state index is 11.4. The van der Waals surface area contributed by atoms with Crippen molar-refractivity contribution in [1.82, 2.24) is 4.98 Å². The smallest absolute Gasteiger partial charge is 0.313 e. The van der Waals surface area contributed by atoms with Gasteiger partial charge in [-0.25, -0.2) is 4.98 Å². The fraction of sp³-hybridized carbons (Fsp3) is 0.364. The second-order valence-electron chi connectivity index (χ2n) is 3.10. The molecule has 0 radical (unpaired) electrons. The molecule has 1 rings (SSSR count). The molecule has 0 aromatic carbocycles. The second-order valence-corrected chi connectivity index (χ2v) is 4.92. The van der Waals surface area contributed by atoms with Crippen LogP contribution in [0.25, 0.3) is 0 Å². The average Bonchev–Trinajstić information content (AvgIpc) is 2.28. The first-order valence-electron chi connectivity index (χ1n) is 5.04. The van der Waals surface area contributed by atoms with Crippen molar-refractivity contribution in [3.63, 3.8) is 0 Å². The van der Waals surface area contributed by atoms with E-state index in [9.17, 15) is 9.59 Å². The summed E-state index contributed by atoms with van der Waals surface area (Å²) in [5.41, 5.74) is 0. The van der Waals surface area contributed by atoms with Crippen LogP contribution in [0.15, 0.2) is 27.8 Å². The van der Waals surface area contributed by atoms with E-state index in [-0.39, 0.29) is 18.0 Å². The zero-order valence-electron chi connectivity index (χ0n) is 9.31. The molecular formula is C11H12BrNO3S. The number of Topliss-reactive ketones (excluding diaryl/α,β-unsaturated/α-hetero) is 1. The van der Waals surface area contributed by atoms with Crippen LogP contribution in [-0.2, 0) is 14.3 Å². The van der Waals surface area contributed by atoms with Crippen molar-refractivity contribution in [1.29, 1.82) is 0 Å². The van der Waals surface area contributed by atoms with Crippen LogP contribution < -0.4 is 0 Å². The number of nitrogens with zero attached hydrogens (tertiary/aromatic N) is 1. The number of rotatable bonds is 6. The van der Waals surface area contributed by atoms with Gasteiger partial charge in [-0.1, -0.05) is 11.8 Å². The maximum Gasteiger partial charge on any atom is 0.313 e. The van der Waals surface area contributed by atoms with Crippen molar-refractivity contribution < 1.29 is 14.3 Å². The first kappa shape index (κ1) is 14.2. The topological polar surface area (TPSA) is 56.3 Å². The molecule has 0 saturated heterocycles. The van der Waals surface area contributed by atoms with E-state index in [0.717, 1.165) is 9.50 Å². The number of pyridine rings is 1. The van der Waals surface area contributed by atoms with E-state index in [2.05, 4.69) is 20.9 Å². The summed E-state index contributed by atoms with van der Waals surface area (Å²) in [5.74, 6) is -0.418. The molecule has 17 heavy (non-hydrogen) atoms. The lowest BCUT2D eigenvalue weighted by Crippen LogP contribution is -2.12. The number of ether oxygens (including phenoxy) is 1. The zero-order valence-corrected chi connectivity index (χ0v) is 11.7. The Labute approximate surface area is 112 Å². The molecule has 0 aliphatic rings. The molecule has 0 atom stereocenters. The Morgan fingerprint density at radius 3 is 2.94 bits per heavy atom. The number of esters is 1. The average molecular weight is 318 g/mol. The molecule has 0 saturated carbocycles. The first-order chi connectivity index (χ1) is 8.13. The van der Waals surface area contributed by atoms with Crippen LogP contribution in [0.2, 0.25) is 0 Å². The van der Waals surface area contributed by atoms with Crippen LogP contribution in [0.3, 0.4) is 0 Å². The number of carbonyl (C=O) groups is 2. The number of ketones is 1. The van der Waals surface area contributed by atoms with Crippen molar-refractivity contribution in [3.05, 3.63) is 22.8 Å². The third-order valence-corrected chi connectivity index (χ3v) is 3.71. The minimum atomic E-state index is -0.474. The second kappa shape index (κ2) is 7.45. The van der Waals surface area contributed by atoms with Gasteiger partial charge in [0.2, 0.25) is 0 Å². The van der Waals surface area contributed by atoms with Gasteiger partial charge in [0.05, 0.1) is 12.4 Å². The predicted octanol–water partition coefficient (Wildman–Crippen LogP) is 2.46. The third-order valence-electron chi connectivity index (χ3n) is 1.74. The lowest BCUT2D eigenvalue weighted by atomic mass is 10.3. The fourth-order valence-corrected chi connectivity index (χ4v) is 2.39. The molecule has 4 nitrogen and oxygen atoms in total. The molecule has 0 aliphatic carbocycles. The summed E-state index contributed by atoms with van der Waals surface area (Å²) in [6.07, 6.45) is 1.48. The van der Waals surface area contributed by atoms with Gasteiger partial charge in [-0.3, -0.25) is 9.59 Å². The highest BCUT2D eigenvalue weighted by Gasteiger charge is 2.11. The van der Waals surface area contributed by atoms with E-state index in [4.69, 9.17) is 4.74 Å². The number of halogens is 1. The molecule has 6 heteroatoms. The highest BCUT2D eigenvalue weighted by Crippen LogP contribution is 2.24. The van der Waals surface area contributed by atoms with Gasteiger partial charge in [0.1, 0.15) is 11.4 Å². The fourth-order valence-electron chi connectivity index (χ4n) is 1.05. The monoisotopic (exact) mass is 317 g/mol. The Balaban J connectivity index is 2.38. The Kier molecular flexibility index (Phi) is 6.21. The Hall–Kier alpha value is -0.880. The van der Waals surface area contributed by atoms with Gasteiger partial charge in [-0.05, 0) is 35.0 Å². The van der Waals surface area contributed by atoms with Crippen molar-refractivity contribution in [3.8, 4) is 0 Å². The number of carbonyl (C=O) groups excluding carboxylic acids is 2. The van der Waals surface area contributed by atoms with Crippen LogP contribution >= 0.6 is 27.7 Å². The minimum Gasteiger partial charge on any atom is -0.466 e. The summed E-state index contributed by atoms with van der Waals surface area (Å²) in [7, 11) is 0. The van der Waals surface area contributed by atoms with Crippen molar-refractivity contribution in [2.45, 2.75) is 18.4 Å². The standard InChI is InChI=1S/C11H12BrNO3S/c1-2-16-10(15)6-8(14)7-17-11-9(12)4-3-5-13-11/h3-5H,2,6-7H2,1H3. The normalized spacial score (nSPS) is 10.0. The molecule has 0 bridgehead atoms. The summed E-state index contributed by atoms with van der Waals surface area (Å²) in [4.78, 5) is 26.6. The molecule has 0 fully saturated rings. The number of hydrogen-bond acceptors (Lipinski definition) is 5. The Morgan fingerprint density at radius 1 is 1.53 bits per heavy atom. The van der Waals surface area contributed by atoms with Gasteiger partial charge in [0, 0.05) is 10.7 Å². The number of thioether (sulfide) groups is 1. The zero-order chi connectivity index (χ0) is 12.7. The SMILES string of the molecule is CCOC(=O)CC(=O)CSc1ncccc1Br. The number of hydrogen-bond donors (Lipinski definition) is 0. The molecule has 0 amide bonds. The van der Waals surface area contributed by atoms with Gasteiger partial charge >= 0.3 is 5.97 Å². The van der Waals surface area contributed by atoms with Crippen molar-refractivity contribution in [2.75, 3.05) is 12.4 Å². The highest BCUT2D eigenvalue weighted by molar-refractivity contribution is 9.10. The van der Waals surface area contributed by atoms with Crippen LogP contribution in [-0.4, -0.2) is 29.1 Å². The summed E-state index contributed by atoms with van der Waals surface area (Å²) in [6.45, 7) is 2.01. The van der Waals surface area contributed by atoms with Crippen molar-refractivity contribution in [2.24, 2.45) is 0 Å². The lowest BCUT2D eigenvalue weighted by Gasteiger charge is -2.02. The summed E-state index contributed by atoms with van der Waals surface area (Å²) < 4.78 is 5.54. The molecule has 1 aromatic rings. The summed E-state index contributed by atoms with van der Waals surface area (Å²) in [6, 6.07) is 3.65. The maximum absolute atomic E-state index is 11.4. The van der Waals surface area contributed by atoms with Crippen LogP contribution in [0.5, 0.6) is 0 Å². The largest absolute Gasteiger partial charge is 0.466 e. The van der Waals surface area contributed by atoms with Gasteiger partial charge in [-0.2, -0.15) is 0 Å². The molecule has 0 aliphatic heterocycles. The van der Waals surface area contributed by atoms with E-state index in [0.29, 0.717) is 6.61 Å². The van der Waals surface area contributed by atoms with E-state index in [1.165, 1.54) is 11.8 Å². The number of aromatic nitrogens is 1. The van der Waals surface area contributed by atoms with Gasteiger partial charge < -0.3 is 4.74 Å². The van der Waals surface area contributed by atoms with Crippen LogP contribution in [0, 0.1) is 0 Å². The van der Waals surface area contributed by atoms with E-state index < -0.39 is 5.97 Å². The lowest BCUT2D eigenvalue weighted by molar-refractivity contribution is -0.145. The van der Waals surface area contributed by atoms with Gasteiger partial charge in [-0.15, -0.1) is 0 Å². The Morgan fingerprint density at radius 2 is 2.29 bits per heavy atom. The quantitative estimate of drug-likeness (QED) is 0.458. The molecule has 1 heterocycles. The predicted molar refractivity (Wildman–Crippen MR) is 68.9 cm³/mol. The van der Waals surface area contributed by atoms with Crippen LogP contribution in [0.1, 0.15) is 13.3 Å². The molecule has 92 valence electrons. The molecular weight excluding hydrogens is 306 g/mol. The molecule has 0 unspecified atom stereocenters. The van der Waals surface area contributed by atoms with Crippen molar-refractivity contribution >= 4 is 39.4 Å². The van der Waals surface area contributed by atoms with Gasteiger partial charge in [0.15, 0.2) is 5.78 Å². The molecule has 0 spiro atoms. The third kappa shape index (κ3) is 5.32. The first-order valence-corrected chi connectivity index (χ1v) is 6.82. The van der Waals surface area contributed by atoms with E-state index >= 15 is 0 Å². The molecule has 0 N–H and O–H groups in total. The van der Waals surface area contributed by atoms with Gasteiger partial charge in [0.25, 0.3) is 0 Å². The Bertz CT molecular complexity index is 411. The van der Waals surface area contributed by atoms with Crippen LogP contribution in [0.4, 0.5) is 0 Å². The summed E-state index contributed by atoms with van der Waals surface area (Å²) >= 11 is 4.64.